The highest BCUT2D eigenvalue weighted by Gasteiger charge is 2.11. The molecule has 1 heterocycles. The Morgan fingerprint density at radius 3 is 2.42 bits per heavy atom. The summed E-state index contributed by atoms with van der Waals surface area (Å²) in [6.45, 7) is 0. The van der Waals surface area contributed by atoms with Crippen LogP contribution in [0.3, 0.4) is 0 Å². The molecular weight excluding hydrogens is 330 g/mol. The number of halogens is 1. The average molecular weight is 348 g/mol. The molecule has 0 bridgehead atoms. The van der Waals surface area contributed by atoms with E-state index in [4.69, 9.17) is 9.15 Å². The fraction of sp³-hybridized carbons (Fsp3) is 0.176. The first kappa shape index (κ1) is 19.1. The second-order valence-corrected chi connectivity index (χ2v) is 4.92. The molecule has 0 fully saturated rings. The van der Waals surface area contributed by atoms with Crippen molar-refractivity contribution in [3.8, 4) is 11.8 Å². The number of amides is 1. The lowest BCUT2D eigenvalue weighted by Crippen LogP contribution is -2.13. The number of nitrogens with one attached hydrogen (secondary N) is 1. The molecule has 0 aliphatic rings. The molecule has 7 heteroatoms. The minimum absolute atomic E-state index is 0. The summed E-state index contributed by atoms with van der Waals surface area (Å²) in [5, 5.41) is 11.8. The van der Waals surface area contributed by atoms with E-state index in [0.717, 1.165) is 0 Å². The van der Waals surface area contributed by atoms with Crippen molar-refractivity contribution in [2.75, 3.05) is 31.4 Å². The summed E-state index contributed by atoms with van der Waals surface area (Å²) in [6, 6.07) is 12.2. The molecule has 0 aliphatic carbocycles. The number of furan rings is 1. The lowest BCUT2D eigenvalue weighted by atomic mass is 10.2. The molecule has 0 saturated heterocycles. The number of carbonyl (C=O) groups excluding carboxylic acids is 1. The van der Waals surface area contributed by atoms with Gasteiger partial charge in [-0.05, 0) is 30.3 Å². The van der Waals surface area contributed by atoms with Crippen molar-refractivity contribution in [1.82, 2.24) is 0 Å². The van der Waals surface area contributed by atoms with Gasteiger partial charge in [0.2, 0.25) is 0 Å². The van der Waals surface area contributed by atoms with Crippen molar-refractivity contribution >= 4 is 36.0 Å². The number of hydrogen-bond donors (Lipinski definition) is 1. The van der Waals surface area contributed by atoms with Gasteiger partial charge in [0.15, 0.2) is 5.88 Å². The summed E-state index contributed by atoms with van der Waals surface area (Å²) in [6.07, 6.45) is 1.41. The molecule has 6 nitrogen and oxygen atoms in total. The van der Waals surface area contributed by atoms with Crippen molar-refractivity contribution in [2.45, 2.75) is 0 Å². The van der Waals surface area contributed by atoms with E-state index >= 15 is 0 Å². The standard InChI is InChI=1S/C17H17N3O3.ClH/c1-20(2)16-9-8-15(23-16)10-12(11-18)17(21)19-13-4-6-14(22-3)7-5-13;/h4-10H,1-3H3,(H,19,21);1H/b12-10-;. The lowest BCUT2D eigenvalue weighted by molar-refractivity contribution is -0.112. The smallest absolute Gasteiger partial charge is 0.266 e. The lowest BCUT2D eigenvalue weighted by Gasteiger charge is -2.06. The van der Waals surface area contributed by atoms with Gasteiger partial charge in [0, 0.05) is 31.9 Å². The van der Waals surface area contributed by atoms with E-state index in [1.165, 1.54) is 6.08 Å². The van der Waals surface area contributed by atoms with Crippen LogP contribution in [0, 0.1) is 11.3 Å². The van der Waals surface area contributed by atoms with Gasteiger partial charge in [-0.3, -0.25) is 4.79 Å². The van der Waals surface area contributed by atoms with Crippen molar-refractivity contribution in [2.24, 2.45) is 0 Å². The minimum atomic E-state index is -0.500. The first-order valence-electron chi connectivity index (χ1n) is 6.88. The van der Waals surface area contributed by atoms with Crippen LogP contribution in [0.2, 0.25) is 0 Å². The number of ether oxygens (including phenoxy) is 1. The zero-order valence-electron chi connectivity index (χ0n) is 13.6. The van der Waals surface area contributed by atoms with Gasteiger partial charge >= 0.3 is 0 Å². The predicted octanol–water partition coefficient (Wildman–Crippen LogP) is 3.32. The van der Waals surface area contributed by atoms with E-state index < -0.39 is 5.91 Å². The average Bonchev–Trinajstić information content (AvgIpc) is 3.02. The summed E-state index contributed by atoms with van der Waals surface area (Å²) in [7, 11) is 5.25. The summed E-state index contributed by atoms with van der Waals surface area (Å²) < 4.78 is 10.6. The van der Waals surface area contributed by atoms with E-state index in [2.05, 4.69) is 5.32 Å². The second-order valence-electron chi connectivity index (χ2n) is 4.92. The van der Waals surface area contributed by atoms with E-state index in [0.29, 0.717) is 23.1 Å². The number of benzene rings is 1. The molecule has 0 atom stereocenters. The Hall–Kier alpha value is -2.91. The van der Waals surface area contributed by atoms with Gasteiger partial charge in [0.1, 0.15) is 23.2 Å². The van der Waals surface area contributed by atoms with Gasteiger partial charge in [0.25, 0.3) is 5.91 Å². The number of methoxy groups -OCH3 is 1. The largest absolute Gasteiger partial charge is 0.497 e. The number of nitriles is 1. The zero-order valence-corrected chi connectivity index (χ0v) is 14.4. The molecule has 0 radical (unpaired) electrons. The molecule has 2 rings (SSSR count). The molecule has 1 amide bonds. The molecule has 0 spiro atoms. The predicted molar refractivity (Wildman–Crippen MR) is 95.5 cm³/mol. The molecular formula is C17H18ClN3O3. The maximum absolute atomic E-state index is 12.2. The third kappa shape index (κ3) is 4.80. The van der Waals surface area contributed by atoms with Crippen LogP contribution in [0.25, 0.3) is 6.08 Å². The third-order valence-corrected chi connectivity index (χ3v) is 3.05. The zero-order chi connectivity index (χ0) is 16.8. The number of anilines is 2. The first-order valence-corrected chi connectivity index (χ1v) is 6.88. The van der Waals surface area contributed by atoms with Crippen molar-refractivity contribution in [3.63, 3.8) is 0 Å². The van der Waals surface area contributed by atoms with Gasteiger partial charge in [-0.1, -0.05) is 0 Å². The molecule has 0 aliphatic heterocycles. The summed E-state index contributed by atoms with van der Waals surface area (Å²) in [5.74, 6) is 1.27. The topological polar surface area (TPSA) is 78.5 Å². The molecule has 126 valence electrons. The van der Waals surface area contributed by atoms with Crippen LogP contribution >= 0.6 is 12.4 Å². The Labute approximate surface area is 146 Å². The second kappa shape index (κ2) is 8.65. The van der Waals surface area contributed by atoms with Crippen molar-refractivity contribution in [1.29, 1.82) is 5.26 Å². The maximum atomic E-state index is 12.2. The Kier molecular flexibility index (Phi) is 6.90. The van der Waals surface area contributed by atoms with E-state index in [9.17, 15) is 10.1 Å². The summed E-state index contributed by atoms with van der Waals surface area (Å²) >= 11 is 0. The molecule has 1 aromatic heterocycles. The highest BCUT2D eigenvalue weighted by Crippen LogP contribution is 2.19. The van der Waals surface area contributed by atoms with Crippen molar-refractivity contribution in [3.05, 3.63) is 47.7 Å². The molecule has 0 saturated carbocycles. The van der Waals surface area contributed by atoms with Gasteiger partial charge in [-0.25, -0.2) is 0 Å². The number of nitrogens with zero attached hydrogens (tertiary/aromatic N) is 2. The highest BCUT2D eigenvalue weighted by molar-refractivity contribution is 6.09. The Morgan fingerprint density at radius 1 is 1.25 bits per heavy atom. The van der Waals surface area contributed by atoms with Crippen LogP contribution in [-0.4, -0.2) is 27.1 Å². The fourth-order valence-corrected chi connectivity index (χ4v) is 1.82. The number of carbonyl (C=O) groups is 1. The van der Waals surface area contributed by atoms with E-state index in [-0.39, 0.29) is 18.0 Å². The highest BCUT2D eigenvalue weighted by atomic mass is 35.5. The summed E-state index contributed by atoms with van der Waals surface area (Å²) in [5.41, 5.74) is 0.533. The Morgan fingerprint density at radius 2 is 1.92 bits per heavy atom. The minimum Gasteiger partial charge on any atom is -0.497 e. The van der Waals surface area contributed by atoms with E-state index in [1.54, 1.807) is 48.4 Å². The molecule has 24 heavy (non-hydrogen) atoms. The number of rotatable bonds is 5. The SMILES string of the molecule is COc1ccc(NC(=O)/C(C#N)=C\c2ccc(N(C)C)o2)cc1.Cl. The van der Waals surface area contributed by atoms with Crippen LogP contribution in [-0.2, 0) is 4.79 Å². The molecule has 0 unspecified atom stereocenters. The van der Waals surface area contributed by atoms with Crippen LogP contribution in [0.4, 0.5) is 11.6 Å². The molecule has 1 N–H and O–H groups in total. The third-order valence-electron chi connectivity index (χ3n) is 3.05. The fourth-order valence-electron chi connectivity index (χ4n) is 1.82. The Balaban J connectivity index is 0.00000288. The first-order chi connectivity index (χ1) is 11.0. The van der Waals surface area contributed by atoms with Gasteiger partial charge in [-0.15, -0.1) is 12.4 Å². The maximum Gasteiger partial charge on any atom is 0.266 e. The van der Waals surface area contributed by atoms with Crippen molar-refractivity contribution < 1.29 is 13.9 Å². The van der Waals surface area contributed by atoms with Crippen LogP contribution in [0.1, 0.15) is 5.76 Å². The monoisotopic (exact) mass is 347 g/mol. The van der Waals surface area contributed by atoms with Gasteiger partial charge < -0.3 is 19.4 Å². The molecule has 1 aromatic carbocycles. The van der Waals surface area contributed by atoms with Crippen LogP contribution < -0.4 is 15.0 Å². The summed E-state index contributed by atoms with van der Waals surface area (Å²) in [4.78, 5) is 14.0. The molecule has 2 aromatic rings. The van der Waals surface area contributed by atoms with Gasteiger partial charge in [0.05, 0.1) is 7.11 Å². The number of hydrogen-bond acceptors (Lipinski definition) is 5. The normalized spacial score (nSPS) is 10.3. The van der Waals surface area contributed by atoms with E-state index in [1.807, 2.05) is 20.2 Å². The Bertz CT molecular complexity index is 758. The van der Waals surface area contributed by atoms with Crippen LogP contribution in [0.5, 0.6) is 5.75 Å². The van der Waals surface area contributed by atoms with Gasteiger partial charge in [-0.2, -0.15) is 5.26 Å². The quantitative estimate of drug-likeness (QED) is 0.663. The van der Waals surface area contributed by atoms with Crippen LogP contribution in [0.15, 0.2) is 46.4 Å².